The number of nitrogens with one attached hydrogen (secondary N) is 1. The summed E-state index contributed by atoms with van der Waals surface area (Å²) in [7, 11) is 0. The van der Waals surface area contributed by atoms with Crippen molar-refractivity contribution in [3.05, 3.63) is 18.2 Å². The summed E-state index contributed by atoms with van der Waals surface area (Å²) in [5.74, 6) is -0.850. The molecule has 0 fully saturated rings. The predicted octanol–water partition coefficient (Wildman–Crippen LogP) is -1.09. The average molecular weight is 275 g/mol. The van der Waals surface area contributed by atoms with Crippen molar-refractivity contribution in [3.63, 3.8) is 0 Å². The molecule has 1 aromatic carbocycles. The third-order valence-corrected chi connectivity index (χ3v) is 3.72. The number of carbonyl (C=O) groups is 1. The number of benzene rings is 1. The van der Waals surface area contributed by atoms with Gasteiger partial charge < -0.3 is 0 Å². The number of hydrogen-bond donors (Lipinski definition) is 4. The Labute approximate surface area is 88.6 Å². The number of amides is 1. The van der Waals surface area contributed by atoms with Crippen LogP contribution in [0.25, 0.3) is 0 Å². The van der Waals surface area contributed by atoms with E-state index >= 15 is 0 Å². The fourth-order valence-electron chi connectivity index (χ4n) is 1.05. The van der Waals surface area contributed by atoms with Crippen molar-refractivity contribution in [2.45, 2.75) is 6.92 Å². The summed E-state index contributed by atoms with van der Waals surface area (Å²) in [6, 6.07) is 3.51. The molecule has 1 amide bonds. The van der Waals surface area contributed by atoms with E-state index in [0.29, 0.717) is 0 Å². The fraction of sp³-hybridized carbons (Fsp3) is 0.125. The molecular weight excluding hydrogens is 265 g/mol. The molecule has 82 valence electrons. The first-order valence-corrected chi connectivity index (χ1v) is 7.35. The first-order chi connectivity index (χ1) is 6.80. The van der Waals surface area contributed by atoms with Crippen LogP contribution in [0.1, 0.15) is 6.92 Å². The van der Waals surface area contributed by atoms with Crippen LogP contribution >= 0.6 is 0 Å². The minimum absolute atomic E-state index is 0.285. The number of aromatic hydroxyl groups is 1. The van der Waals surface area contributed by atoms with Crippen molar-refractivity contribution in [3.8, 4) is 5.75 Å². The molecule has 0 heterocycles. The maximum atomic E-state index is 10.9. The van der Waals surface area contributed by atoms with E-state index < -0.39 is 24.3 Å². The number of carbonyl (C=O) groups excluding carboxylic acids is 1. The number of rotatable bonds is 2. The normalized spacial score (nSPS) is 11.1. The number of phenolic OH excluding ortho intramolecular Hbond substituents is 1. The number of hydrogen-bond acceptors (Lipinski definition) is 3. The Balaban J connectivity index is 3.09. The van der Waals surface area contributed by atoms with Gasteiger partial charge in [-0.1, -0.05) is 0 Å². The standard InChI is InChI=1S/C8H10AsNO5/c1-5(11)10-6-2-3-7(8(12)4-6)9(13,14)15/h2-4,12H,1H3,(H,10,11)(H2,13,14,15). The molecule has 0 aliphatic heterocycles. The van der Waals surface area contributed by atoms with Gasteiger partial charge in [-0.2, -0.15) is 0 Å². The monoisotopic (exact) mass is 275 g/mol. The molecule has 0 aliphatic carbocycles. The van der Waals surface area contributed by atoms with Gasteiger partial charge in [0, 0.05) is 0 Å². The summed E-state index contributed by atoms with van der Waals surface area (Å²) in [6.07, 6.45) is 0. The molecule has 0 saturated heterocycles. The molecular formula is C8H10AsNO5. The van der Waals surface area contributed by atoms with Crippen molar-refractivity contribution in [1.29, 1.82) is 0 Å². The summed E-state index contributed by atoms with van der Waals surface area (Å²) in [5, 5.41) is 11.7. The zero-order valence-electron chi connectivity index (χ0n) is 7.84. The minimum atomic E-state index is -5.09. The van der Waals surface area contributed by atoms with Crippen LogP contribution < -0.4 is 9.67 Å². The summed E-state index contributed by atoms with van der Waals surface area (Å²) in [6.45, 7) is 1.29. The molecule has 0 atom stereocenters. The van der Waals surface area contributed by atoms with Crippen LogP contribution in [-0.2, 0) is 8.53 Å². The molecule has 7 heteroatoms. The van der Waals surface area contributed by atoms with Gasteiger partial charge in [0.25, 0.3) is 0 Å². The third-order valence-electron chi connectivity index (χ3n) is 1.61. The van der Waals surface area contributed by atoms with Crippen molar-refractivity contribution < 1.29 is 21.8 Å². The van der Waals surface area contributed by atoms with Gasteiger partial charge in [0.05, 0.1) is 0 Å². The molecule has 0 radical (unpaired) electrons. The molecule has 0 bridgehead atoms. The van der Waals surface area contributed by atoms with Gasteiger partial charge in [0.2, 0.25) is 0 Å². The quantitative estimate of drug-likeness (QED) is 0.513. The molecule has 0 saturated carbocycles. The summed E-state index contributed by atoms with van der Waals surface area (Å²) >= 11 is -5.09. The van der Waals surface area contributed by atoms with Crippen molar-refractivity contribution in [1.82, 2.24) is 0 Å². The Kier molecular flexibility index (Phi) is 3.24. The SMILES string of the molecule is CC(=O)Nc1ccc([As](=O)(O)O)c(O)c1. The zero-order chi connectivity index (χ0) is 11.6. The second-order valence-corrected chi connectivity index (χ2v) is 6.22. The van der Waals surface area contributed by atoms with Crippen molar-refractivity contribution in [2.75, 3.05) is 5.32 Å². The van der Waals surface area contributed by atoms with Crippen LogP contribution in [0.15, 0.2) is 18.2 Å². The average Bonchev–Trinajstić information content (AvgIpc) is 1.99. The summed E-state index contributed by atoms with van der Waals surface area (Å²) in [5.41, 5.74) is 0.285. The van der Waals surface area contributed by atoms with Gasteiger partial charge in [0.15, 0.2) is 0 Å². The van der Waals surface area contributed by atoms with Crippen LogP contribution in [0, 0.1) is 0 Å². The molecule has 1 aromatic rings. The van der Waals surface area contributed by atoms with E-state index in [-0.39, 0.29) is 11.6 Å². The molecule has 6 nitrogen and oxygen atoms in total. The Morgan fingerprint density at radius 2 is 2.00 bits per heavy atom. The van der Waals surface area contributed by atoms with Crippen LogP contribution in [0.5, 0.6) is 5.75 Å². The Morgan fingerprint density at radius 1 is 1.40 bits per heavy atom. The molecule has 1 rings (SSSR count). The number of phenols is 1. The van der Waals surface area contributed by atoms with E-state index in [4.69, 9.17) is 8.19 Å². The number of anilines is 1. The van der Waals surface area contributed by atoms with Crippen LogP contribution in [-0.4, -0.2) is 33.4 Å². The van der Waals surface area contributed by atoms with Gasteiger partial charge in [0.1, 0.15) is 0 Å². The van der Waals surface area contributed by atoms with Crippen molar-refractivity contribution in [2.24, 2.45) is 0 Å². The fourth-order valence-corrected chi connectivity index (χ4v) is 2.38. The van der Waals surface area contributed by atoms with Gasteiger partial charge in [-0.3, -0.25) is 0 Å². The van der Waals surface area contributed by atoms with E-state index in [1.54, 1.807) is 0 Å². The van der Waals surface area contributed by atoms with Crippen molar-refractivity contribution >= 4 is 30.1 Å². The predicted molar refractivity (Wildman–Crippen MR) is 52.9 cm³/mol. The zero-order valence-corrected chi connectivity index (χ0v) is 9.71. The molecule has 0 spiro atoms. The van der Waals surface area contributed by atoms with E-state index in [1.807, 2.05) is 0 Å². The van der Waals surface area contributed by atoms with E-state index in [0.717, 1.165) is 12.1 Å². The second-order valence-electron chi connectivity index (χ2n) is 2.93. The second kappa shape index (κ2) is 4.10. The van der Waals surface area contributed by atoms with Gasteiger partial charge in [-0.15, -0.1) is 0 Å². The third kappa shape index (κ3) is 3.12. The molecule has 15 heavy (non-hydrogen) atoms. The Morgan fingerprint density at radius 3 is 2.40 bits per heavy atom. The van der Waals surface area contributed by atoms with Gasteiger partial charge in [-0.05, 0) is 0 Å². The maximum absolute atomic E-state index is 10.9. The first-order valence-electron chi connectivity index (χ1n) is 3.97. The van der Waals surface area contributed by atoms with Gasteiger partial charge >= 0.3 is 88.1 Å². The van der Waals surface area contributed by atoms with Crippen LogP contribution in [0.4, 0.5) is 5.69 Å². The Bertz CT molecular complexity index is 439. The summed E-state index contributed by atoms with van der Waals surface area (Å²) < 4.78 is 28.2. The molecule has 0 unspecified atom stereocenters. The van der Waals surface area contributed by atoms with Crippen LogP contribution in [0.2, 0.25) is 0 Å². The van der Waals surface area contributed by atoms with E-state index in [9.17, 15) is 13.6 Å². The Hall–Kier alpha value is -1.23. The van der Waals surface area contributed by atoms with E-state index in [1.165, 1.54) is 13.0 Å². The van der Waals surface area contributed by atoms with Gasteiger partial charge in [-0.25, -0.2) is 0 Å². The first kappa shape index (κ1) is 11.8. The van der Waals surface area contributed by atoms with Crippen LogP contribution in [0.3, 0.4) is 0 Å². The topological polar surface area (TPSA) is 107 Å². The molecule has 4 N–H and O–H groups in total. The molecule has 0 aliphatic rings. The summed E-state index contributed by atoms with van der Waals surface area (Å²) in [4.78, 5) is 10.7. The van der Waals surface area contributed by atoms with E-state index in [2.05, 4.69) is 5.32 Å². The molecule has 0 aromatic heterocycles.